The molecular weight excluding hydrogens is 284 g/mol. The van der Waals surface area contributed by atoms with Gasteiger partial charge < -0.3 is 10.4 Å². The summed E-state index contributed by atoms with van der Waals surface area (Å²) in [7, 11) is 0. The lowest BCUT2D eigenvalue weighted by atomic mass is 10.0. The molecule has 3 rings (SSSR count). The van der Waals surface area contributed by atoms with E-state index in [9.17, 15) is 5.11 Å². The third-order valence-corrected chi connectivity index (χ3v) is 3.83. The van der Waals surface area contributed by atoms with Crippen LogP contribution in [0.4, 0.5) is 5.82 Å². The largest absolute Gasteiger partial charge is 0.384 e. The van der Waals surface area contributed by atoms with Gasteiger partial charge in [0.15, 0.2) is 0 Å². The van der Waals surface area contributed by atoms with Gasteiger partial charge in [0.05, 0.1) is 0 Å². The van der Waals surface area contributed by atoms with Crippen LogP contribution in [0.2, 0.25) is 0 Å². The van der Waals surface area contributed by atoms with Gasteiger partial charge in [-0.25, -0.2) is 4.98 Å². The van der Waals surface area contributed by atoms with Gasteiger partial charge in [-0.2, -0.15) is 0 Å². The Morgan fingerprint density at radius 1 is 0.957 bits per heavy atom. The van der Waals surface area contributed by atoms with Crippen molar-refractivity contribution in [3.8, 4) is 0 Å². The zero-order valence-electron chi connectivity index (χ0n) is 13.1. The Kier molecular flexibility index (Phi) is 4.69. The van der Waals surface area contributed by atoms with Crippen molar-refractivity contribution >= 4 is 5.82 Å². The number of hydrogen-bond acceptors (Lipinski definition) is 3. The summed E-state index contributed by atoms with van der Waals surface area (Å²) in [6.45, 7) is 2.73. The summed E-state index contributed by atoms with van der Waals surface area (Å²) in [6.07, 6.45) is 1.09. The zero-order chi connectivity index (χ0) is 16.1. The monoisotopic (exact) mass is 304 g/mol. The maximum absolute atomic E-state index is 10.5. The standard InChI is InChI=1S/C20H20N2O/c1-15-12-18(19(23)17-10-6-3-7-11-17)14-22-20(15)21-13-16-8-4-2-5-9-16/h2-12,14,19,23H,13H2,1H3,(H,21,22)/t19-/m1/s1. The van der Waals surface area contributed by atoms with Crippen LogP contribution in [0, 0.1) is 6.92 Å². The van der Waals surface area contributed by atoms with Crippen LogP contribution in [0.1, 0.15) is 28.4 Å². The van der Waals surface area contributed by atoms with Gasteiger partial charge in [0.2, 0.25) is 0 Å². The molecule has 0 fully saturated rings. The highest BCUT2D eigenvalue weighted by atomic mass is 16.3. The number of nitrogens with one attached hydrogen (secondary N) is 1. The van der Waals surface area contributed by atoms with Gasteiger partial charge in [-0.05, 0) is 29.7 Å². The second-order valence-electron chi connectivity index (χ2n) is 5.59. The average Bonchev–Trinajstić information content (AvgIpc) is 2.61. The van der Waals surface area contributed by atoms with Crippen molar-refractivity contribution < 1.29 is 5.11 Å². The molecule has 0 unspecified atom stereocenters. The van der Waals surface area contributed by atoms with Crippen molar-refractivity contribution in [1.29, 1.82) is 0 Å². The number of pyridine rings is 1. The molecule has 0 saturated carbocycles. The van der Waals surface area contributed by atoms with Gasteiger partial charge in [0, 0.05) is 18.3 Å². The van der Waals surface area contributed by atoms with E-state index in [4.69, 9.17) is 0 Å². The fourth-order valence-corrected chi connectivity index (χ4v) is 2.54. The topological polar surface area (TPSA) is 45.2 Å². The van der Waals surface area contributed by atoms with E-state index in [1.807, 2.05) is 61.5 Å². The van der Waals surface area contributed by atoms with Crippen LogP contribution >= 0.6 is 0 Å². The van der Waals surface area contributed by atoms with Crippen LogP contribution in [0.15, 0.2) is 72.9 Å². The van der Waals surface area contributed by atoms with E-state index in [2.05, 4.69) is 22.4 Å². The zero-order valence-corrected chi connectivity index (χ0v) is 13.1. The molecule has 116 valence electrons. The molecule has 0 amide bonds. The molecule has 2 N–H and O–H groups in total. The van der Waals surface area contributed by atoms with Crippen LogP contribution < -0.4 is 5.32 Å². The van der Waals surface area contributed by atoms with Crippen LogP contribution in [-0.4, -0.2) is 10.1 Å². The normalized spacial score (nSPS) is 11.9. The third-order valence-electron chi connectivity index (χ3n) is 3.83. The van der Waals surface area contributed by atoms with Gasteiger partial charge in [-0.1, -0.05) is 60.7 Å². The van der Waals surface area contributed by atoms with Gasteiger partial charge in [-0.15, -0.1) is 0 Å². The first kappa shape index (κ1) is 15.3. The third kappa shape index (κ3) is 3.76. The SMILES string of the molecule is Cc1cc([C@H](O)c2ccccc2)cnc1NCc1ccccc1. The molecule has 0 aliphatic rings. The fraction of sp³-hybridized carbons (Fsp3) is 0.150. The van der Waals surface area contributed by atoms with Crippen molar-refractivity contribution in [2.45, 2.75) is 19.6 Å². The number of hydrogen-bond donors (Lipinski definition) is 2. The van der Waals surface area contributed by atoms with Gasteiger partial charge in [0.1, 0.15) is 11.9 Å². The Morgan fingerprint density at radius 3 is 2.26 bits per heavy atom. The summed E-state index contributed by atoms with van der Waals surface area (Å²) < 4.78 is 0. The molecule has 0 saturated heterocycles. The smallest absolute Gasteiger partial charge is 0.129 e. The van der Waals surface area contributed by atoms with Crippen molar-refractivity contribution in [1.82, 2.24) is 4.98 Å². The minimum absolute atomic E-state index is 0.648. The number of anilines is 1. The van der Waals surface area contributed by atoms with Crippen LogP contribution in [0.5, 0.6) is 0 Å². The quantitative estimate of drug-likeness (QED) is 0.746. The fourth-order valence-electron chi connectivity index (χ4n) is 2.54. The van der Waals surface area contributed by atoms with E-state index in [1.165, 1.54) is 5.56 Å². The lowest BCUT2D eigenvalue weighted by Crippen LogP contribution is -2.06. The summed E-state index contributed by atoms with van der Waals surface area (Å²) in [6, 6.07) is 21.8. The predicted molar refractivity (Wildman–Crippen MR) is 93.2 cm³/mol. The van der Waals surface area contributed by atoms with Crippen molar-refractivity contribution in [3.63, 3.8) is 0 Å². The molecule has 3 heteroatoms. The van der Waals surface area contributed by atoms with Crippen molar-refractivity contribution in [3.05, 3.63) is 95.2 Å². The first-order valence-electron chi connectivity index (χ1n) is 7.71. The van der Waals surface area contributed by atoms with Gasteiger partial charge in [-0.3, -0.25) is 0 Å². The molecule has 0 spiro atoms. The summed E-state index contributed by atoms with van der Waals surface area (Å²) >= 11 is 0. The summed E-state index contributed by atoms with van der Waals surface area (Å²) in [5.74, 6) is 0.845. The first-order chi connectivity index (χ1) is 11.2. The molecule has 0 aliphatic carbocycles. The highest BCUT2D eigenvalue weighted by Crippen LogP contribution is 2.24. The molecular formula is C20H20N2O. The Hall–Kier alpha value is -2.65. The summed E-state index contributed by atoms with van der Waals surface area (Å²) in [5.41, 5.74) is 3.91. The molecule has 3 aromatic rings. The molecule has 0 bridgehead atoms. The molecule has 2 aromatic carbocycles. The summed E-state index contributed by atoms with van der Waals surface area (Å²) in [5, 5.41) is 13.8. The summed E-state index contributed by atoms with van der Waals surface area (Å²) in [4.78, 5) is 4.47. The highest BCUT2D eigenvalue weighted by molar-refractivity contribution is 5.46. The van der Waals surface area contributed by atoms with E-state index in [0.29, 0.717) is 0 Å². The van der Waals surface area contributed by atoms with E-state index in [0.717, 1.165) is 29.1 Å². The molecule has 23 heavy (non-hydrogen) atoms. The number of aromatic nitrogens is 1. The molecule has 0 radical (unpaired) electrons. The maximum Gasteiger partial charge on any atom is 0.129 e. The predicted octanol–water partition coefficient (Wildman–Crippen LogP) is 4.08. The number of benzene rings is 2. The van der Waals surface area contributed by atoms with E-state index >= 15 is 0 Å². The average molecular weight is 304 g/mol. The number of aliphatic hydroxyl groups excluding tert-OH is 1. The number of aliphatic hydroxyl groups is 1. The first-order valence-corrected chi connectivity index (χ1v) is 7.71. The van der Waals surface area contributed by atoms with Crippen LogP contribution in [0.3, 0.4) is 0 Å². The van der Waals surface area contributed by atoms with Crippen molar-refractivity contribution in [2.24, 2.45) is 0 Å². The molecule has 1 aromatic heterocycles. The number of aryl methyl sites for hydroxylation is 1. The van der Waals surface area contributed by atoms with E-state index in [-0.39, 0.29) is 0 Å². The second-order valence-corrected chi connectivity index (χ2v) is 5.59. The molecule has 0 aliphatic heterocycles. The van der Waals surface area contributed by atoms with Gasteiger partial charge >= 0.3 is 0 Å². The highest BCUT2D eigenvalue weighted by Gasteiger charge is 2.12. The maximum atomic E-state index is 10.5. The van der Waals surface area contributed by atoms with E-state index in [1.54, 1.807) is 6.20 Å². The van der Waals surface area contributed by atoms with Crippen molar-refractivity contribution in [2.75, 3.05) is 5.32 Å². The Bertz CT molecular complexity index is 757. The van der Waals surface area contributed by atoms with Crippen LogP contribution in [-0.2, 0) is 6.54 Å². The molecule has 1 atom stereocenters. The minimum atomic E-state index is -0.648. The van der Waals surface area contributed by atoms with E-state index < -0.39 is 6.10 Å². The second kappa shape index (κ2) is 7.07. The lowest BCUT2D eigenvalue weighted by molar-refractivity contribution is 0.220. The number of rotatable bonds is 5. The molecule has 1 heterocycles. The Balaban J connectivity index is 1.73. The van der Waals surface area contributed by atoms with Gasteiger partial charge in [0.25, 0.3) is 0 Å². The molecule has 3 nitrogen and oxygen atoms in total. The Labute approximate surface area is 136 Å². The minimum Gasteiger partial charge on any atom is -0.384 e. The number of nitrogens with zero attached hydrogens (tertiary/aromatic N) is 1. The Morgan fingerprint density at radius 2 is 1.61 bits per heavy atom. The lowest BCUT2D eigenvalue weighted by Gasteiger charge is -2.14. The van der Waals surface area contributed by atoms with Crippen LogP contribution in [0.25, 0.3) is 0 Å².